The van der Waals surface area contributed by atoms with Gasteiger partial charge in [0.05, 0.1) is 18.5 Å². The summed E-state index contributed by atoms with van der Waals surface area (Å²) in [7, 11) is 3.53. The van der Waals surface area contributed by atoms with Crippen LogP contribution in [0.15, 0.2) is 22.8 Å². The number of amides is 1. The minimum Gasteiger partial charge on any atom is -0.475 e. The molecule has 0 saturated carbocycles. The summed E-state index contributed by atoms with van der Waals surface area (Å²) < 4.78 is 37.1. The quantitative estimate of drug-likeness (QED) is 0.823. The van der Waals surface area contributed by atoms with Crippen molar-refractivity contribution in [2.75, 3.05) is 27.2 Å². The summed E-state index contributed by atoms with van der Waals surface area (Å²) in [6, 6.07) is 3.93. The van der Waals surface area contributed by atoms with Crippen molar-refractivity contribution in [3.8, 4) is 0 Å². The number of halogens is 3. The lowest BCUT2D eigenvalue weighted by molar-refractivity contribution is -0.192. The van der Waals surface area contributed by atoms with Crippen molar-refractivity contribution < 1.29 is 32.3 Å². The van der Waals surface area contributed by atoms with Gasteiger partial charge in [0.2, 0.25) is 0 Å². The molecular formula is C17H20F3N3O4S. The van der Waals surface area contributed by atoms with Crippen LogP contribution in [0.5, 0.6) is 0 Å². The van der Waals surface area contributed by atoms with Crippen LogP contribution in [-0.2, 0) is 24.2 Å². The van der Waals surface area contributed by atoms with Crippen LogP contribution in [-0.4, -0.2) is 65.1 Å². The molecule has 1 aliphatic heterocycles. The summed E-state index contributed by atoms with van der Waals surface area (Å²) in [5.74, 6) is -1.76. The number of hydrogen-bond acceptors (Lipinski definition) is 6. The van der Waals surface area contributed by atoms with Crippen molar-refractivity contribution in [1.82, 2.24) is 14.8 Å². The van der Waals surface area contributed by atoms with E-state index in [2.05, 4.69) is 9.88 Å². The topological polar surface area (TPSA) is 86.9 Å². The molecule has 0 fully saturated rings. The van der Waals surface area contributed by atoms with Gasteiger partial charge in [-0.1, -0.05) is 0 Å². The maximum atomic E-state index is 12.0. The van der Waals surface area contributed by atoms with E-state index in [0.29, 0.717) is 5.01 Å². The van der Waals surface area contributed by atoms with E-state index in [4.69, 9.17) is 14.3 Å². The molecule has 1 N–H and O–H groups in total. The number of alkyl halides is 3. The zero-order chi connectivity index (χ0) is 20.9. The van der Waals surface area contributed by atoms with Crippen molar-refractivity contribution in [2.24, 2.45) is 0 Å². The average molecular weight is 419 g/mol. The fourth-order valence-electron chi connectivity index (χ4n) is 2.47. The van der Waals surface area contributed by atoms with E-state index in [9.17, 15) is 18.0 Å². The molecule has 2 aromatic heterocycles. The summed E-state index contributed by atoms with van der Waals surface area (Å²) >= 11 is 1.54. The van der Waals surface area contributed by atoms with Crippen LogP contribution in [0.2, 0.25) is 0 Å². The molecule has 7 nitrogen and oxygen atoms in total. The number of aromatic nitrogens is 1. The van der Waals surface area contributed by atoms with Crippen LogP contribution in [0.4, 0.5) is 13.2 Å². The van der Waals surface area contributed by atoms with E-state index in [1.165, 1.54) is 4.88 Å². The molecule has 3 heterocycles. The third kappa shape index (κ3) is 6.06. The van der Waals surface area contributed by atoms with Crippen LogP contribution < -0.4 is 0 Å². The number of furan rings is 1. The molecule has 0 saturated heterocycles. The molecule has 1 amide bonds. The summed E-state index contributed by atoms with van der Waals surface area (Å²) in [4.78, 5) is 30.6. The van der Waals surface area contributed by atoms with E-state index in [1.807, 2.05) is 12.1 Å². The zero-order valence-corrected chi connectivity index (χ0v) is 16.1. The Morgan fingerprint density at radius 2 is 1.96 bits per heavy atom. The van der Waals surface area contributed by atoms with Crippen LogP contribution in [0.3, 0.4) is 0 Å². The molecule has 1 aliphatic rings. The summed E-state index contributed by atoms with van der Waals surface area (Å²) in [5, 5.41) is 7.74. The number of nitrogens with zero attached hydrogens (tertiary/aromatic N) is 3. The Morgan fingerprint density at radius 3 is 2.50 bits per heavy atom. The van der Waals surface area contributed by atoms with E-state index in [1.54, 1.807) is 36.6 Å². The SMILES string of the molecule is CN(C)C(=O)c1nc2c(s1)CCN(Cc1ccco1)CC2.O=C(O)C(F)(F)F. The van der Waals surface area contributed by atoms with Gasteiger partial charge in [-0.15, -0.1) is 11.3 Å². The maximum absolute atomic E-state index is 12.0. The molecule has 2 aromatic rings. The van der Waals surface area contributed by atoms with E-state index >= 15 is 0 Å². The molecule has 0 unspecified atom stereocenters. The minimum atomic E-state index is -5.08. The predicted molar refractivity (Wildman–Crippen MR) is 95.2 cm³/mol. The first kappa shape index (κ1) is 21.9. The molecule has 154 valence electrons. The van der Waals surface area contributed by atoms with Crippen molar-refractivity contribution in [2.45, 2.75) is 25.6 Å². The van der Waals surface area contributed by atoms with Crippen molar-refractivity contribution in [3.05, 3.63) is 39.7 Å². The summed E-state index contributed by atoms with van der Waals surface area (Å²) in [6.45, 7) is 2.77. The molecule has 0 aliphatic carbocycles. The Hall–Kier alpha value is -2.40. The largest absolute Gasteiger partial charge is 0.490 e. The number of fused-ring (bicyclic) bond motifs is 1. The predicted octanol–water partition coefficient (Wildman–Crippen LogP) is 2.67. The summed E-state index contributed by atoms with van der Waals surface area (Å²) in [6.07, 6.45) is -1.52. The van der Waals surface area contributed by atoms with Crippen LogP contribution in [0.25, 0.3) is 0 Å². The van der Waals surface area contributed by atoms with Crippen LogP contribution >= 0.6 is 11.3 Å². The van der Waals surface area contributed by atoms with E-state index < -0.39 is 12.1 Å². The molecule has 0 bridgehead atoms. The van der Waals surface area contributed by atoms with Gasteiger partial charge >= 0.3 is 12.1 Å². The van der Waals surface area contributed by atoms with Crippen molar-refractivity contribution in [3.63, 3.8) is 0 Å². The molecule has 0 aromatic carbocycles. The Labute approximate surface area is 163 Å². The standard InChI is InChI=1S/C15H19N3O2S.C2HF3O2/c1-17(2)15(19)14-16-12-5-7-18(8-6-13(12)21-14)10-11-4-3-9-20-11;3-2(4,5)1(6)7/h3-4,9H,5-8,10H2,1-2H3;(H,6,7). The third-order valence-electron chi connectivity index (χ3n) is 3.89. The van der Waals surface area contributed by atoms with Gasteiger partial charge in [0.1, 0.15) is 5.76 Å². The van der Waals surface area contributed by atoms with E-state index in [0.717, 1.165) is 43.9 Å². The lowest BCUT2D eigenvalue weighted by atomic mass is 10.2. The molecule has 11 heteroatoms. The lowest BCUT2D eigenvalue weighted by Crippen LogP contribution is -2.26. The molecular weight excluding hydrogens is 399 g/mol. The number of carbonyl (C=O) groups is 2. The minimum absolute atomic E-state index is 0.000477. The Bertz CT molecular complexity index is 778. The van der Waals surface area contributed by atoms with Gasteiger partial charge in [0.25, 0.3) is 5.91 Å². The number of carboxylic acid groups (broad SMARTS) is 1. The number of thiazole rings is 1. The lowest BCUT2D eigenvalue weighted by Gasteiger charge is -2.17. The number of hydrogen-bond donors (Lipinski definition) is 1. The molecule has 0 spiro atoms. The van der Waals surface area contributed by atoms with Gasteiger partial charge in [0.15, 0.2) is 5.01 Å². The average Bonchev–Trinajstić information content (AvgIpc) is 3.22. The smallest absolute Gasteiger partial charge is 0.475 e. The van der Waals surface area contributed by atoms with Gasteiger partial charge in [-0.3, -0.25) is 9.69 Å². The molecule has 0 atom stereocenters. The monoisotopic (exact) mass is 419 g/mol. The Balaban J connectivity index is 0.000000345. The number of carbonyl (C=O) groups excluding carboxylic acids is 1. The van der Waals surface area contributed by atoms with Crippen LogP contribution in [0, 0.1) is 0 Å². The van der Waals surface area contributed by atoms with Gasteiger partial charge in [-0.25, -0.2) is 9.78 Å². The fourth-order valence-corrected chi connectivity index (χ4v) is 3.59. The summed E-state index contributed by atoms with van der Waals surface area (Å²) in [5.41, 5.74) is 1.09. The number of aliphatic carboxylic acids is 1. The van der Waals surface area contributed by atoms with Gasteiger partial charge in [-0.2, -0.15) is 13.2 Å². The Kier molecular flexibility index (Phi) is 7.19. The number of rotatable bonds is 3. The molecule has 3 rings (SSSR count). The highest BCUT2D eigenvalue weighted by Gasteiger charge is 2.38. The normalized spacial score (nSPS) is 14.5. The second-order valence-electron chi connectivity index (χ2n) is 6.25. The highest BCUT2D eigenvalue weighted by molar-refractivity contribution is 7.13. The fraction of sp³-hybridized carbons (Fsp3) is 0.471. The van der Waals surface area contributed by atoms with Crippen molar-refractivity contribution >= 4 is 23.2 Å². The van der Waals surface area contributed by atoms with E-state index in [-0.39, 0.29) is 5.91 Å². The first-order valence-electron chi connectivity index (χ1n) is 8.33. The number of carboxylic acids is 1. The van der Waals surface area contributed by atoms with Gasteiger partial charge in [-0.05, 0) is 18.6 Å². The van der Waals surface area contributed by atoms with Gasteiger partial charge in [0, 0.05) is 38.5 Å². The van der Waals surface area contributed by atoms with Crippen molar-refractivity contribution in [1.29, 1.82) is 0 Å². The molecule has 0 radical (unpaired) electrons. The zero-order valence-electron chi connectivity index (χ0n) is 15.3. The Morgan fingerprint density at radius 1 is 1.32 bits per heavy atom. The second kappa shape index (κ2) is 9.20. The first-order chi connectivity index (χ1) is 13.1. The maximum Gasteiger partial charge on any atom is 0.490 e. The van der Waals surface area contributed by atoms with Crippen LogP contribution in [0.1, 0.15) is 26.1 Å². The highest BCUT2D eigenvalue weighted by Crippen LogP contribution is 2.24. The van der Waals surface area contributed by atoms with Gasteiger partial charge < -0.3 is 14.4 Å². The molecule has 28 heavy (non-hydrogen) atoms. The first-order valence-corrected chi connectivity index (χ1v) is 9.14. The highest BCUT2D eigenvalue weighted by atomic mass is 32.1. The third-order valence-corrected chi connectivity index (χ3v) is 5.03. The second-order valence-corrected chi connectivity index (χ2v) is 7.33.